The smallest absolute Gasteiger partial charge is 0.260 e. The van der Waals surface area contributed by atoms with Crippen LogP contribution in [0.1, 0.15) is 12.5 Å². The highest BCUT2D eigenvalue weighted by Crippen LogP contribution is 2.18. The van der Waals surface area contributed by atoms with Crippen molar-refractivity contribution in [3.63, 3.8) is 0 Å². The molecule has 0 fully saturated rings. The predicted octanol–water partition coefficient (Wildman–Crippen LogP) is 2.58. The number of hydrogen-bond acceptors (Lipinski definition) is 3. The van der Waals surface area contributed by atoms with E-state index in [0.717, 1.165) is 10.2 Å². The second kappa shape index (κ2) is 5.09. The van der Waals surface area contributed by atoms with Gasteiger partial charge in [-0.15, -0.1) is 11.8 Å². The van der Waals surface area contributed by atoms with Crippen LogP contribution < -0.4 is 5.56 Å². The highest BCUT2D eigenvalue weighted by atomic mass is 79.9. The van der Waals surface area contributed by atoms with Gasteiger partial charge in [0.25, 0.3) is 5.56 Å². The van der Waals surface area contributed by atoms with E-state index >= 15 is 0 Å². The lowest BCUT2D eigenvalue weighted by atomic mass is 10.3. The van der Waals surface area contributed by atoms with Crippen LogP contribution in [0.4, 0.5) is 0 Å². The van der Waals surface area contributed by atoms with Crippen LogP contribution in [0.25, 0.3) is 0 Å². The van der Waals surface area contributed by atoms with Crippen LogP contribution in [0.5, 0.6) is 0 Å². The number of thioether (sulfide) groups is 1. The SMILES string of the molecule is CCSC(=S)c1c(Br)ccn(C)c1=O. The first-order chi connectivity index (χ1) is 6.57. The van der Waals surface area contributed by atoms with E-state index in [1.54, 1.807) is 13.2 Å². The molecule has 0 saturated heterocycles. The van der Waals surface area contributed by atoms with Gasteiger partial charge in [0.05, 0.1) is 9.76 Å². The quantitative estimate of drug-likeness (QED) is 0.782. The molecule has 0 amide bonds. The molecule has 1 aromatic rings. The van der Waals surface area contributed by atoms with Gasteiger partial charge in [0.1, 0.15) is 0 Å². The van der Waals surface area contributed by atoms with Gasteiger partial charge in [-0.3, -0.25) is 4.79 Å². The number of rotatable bonds is 2. The number of pyridine rings is 1. The van der Waals surface area contributed by atoms with Crippen molar-refractivity contribution in [1.29, 1.82) is 0 Å². The summed E-state index contributed by atoms with van der Waals surface area (Å²) in [5.41, 5.74) is 0.544. The van der Waals surface area contributed by atoms with Crippen LogP contribution >= 0.6 is 39.9 Å². The van der Waals surface area contributed by atoms with E-state index < -0.39 is 0 Å². The molecule has 0 atom stereocenters. The van der Waals surface area contributed by atoms with E-state index in [9.17, 15) is 4.79 Å². The van der Waals surface area contributed by atoms with Gasteiger partial charge in [0, 0.05) is 17.7 Å². The zero-order valence-corrected chi connectivity index (χ0v) is 11.1. The number of halogens is 1. The van der Waals surface area contributed by atoms with Crippen molar-refractivity contribution in [2.24, 2.45) is 7.05 Å². The van der Waals surface area contributed by atoms with Crippen LogP contribution in [0.2, 0.25) is 0 Å². The van der Waals surface area contributed by atoms with Crippen molar-refractivity contribution in [2.45, 2.75) is 6.92 Å². The molecular weight excluding hydrogens is 282 g/mol. The zero-order chi connectivity index (χ0) is 10.7. The maximum Gasteiger partial charge on any atom is 0.260 e. The van der Waals surface area contributed by atoms with Crippen molar-refractivity contribution in [3.05, 3.63) is 32.7 Å². The summed E-state index contributed by atoms with van der Waals surface area (Å²) in [7, 11) is 1.72. The Hall–Kier alpha value is -0.130. The predicted molar refractivity (Wildman–Crippen MR) is 69.2 cm³/mol. The molecule has 1 aromatic heterocycles. The third-order valence-electron chi connectivity index (χ3n) is 1.70. The number of thiocarbonyl (C=S) groups is 1. The summed E-state index contributed by atoms with van der Waals surface area (Å²) in [6, 6.07) is 1.83. The molecule has 0 aliphatic rings. The number of aryl methyl sites for hydroxylation is 1. The molecule has 0 saturated carbocycles. The summed E-state index contributed by atoms with van der Waals surface area (Å²) in [6.07, 6.45) is 1.72. The first-order valence-corrected chi connectivity index (χ1v) is 6.29. The molecule has 0 aromatic carbocycles. The molecule has 0 bridgehead atoms. The van der Waals surface area contributed by atoms with E-state index in [2.05, 4.69) is 15.9 Å². The van der Waals surface area contributed by atoms with E-state index in [1.165, 1.54) is 16.3 Å². The second-order valence-corrected chi connectivity index (χ2v) is 5.47. The van der Waals surface area contributed by atoms with Crippen molar-refractivity contribution in [3.8, 4) is 0 Å². The summed E-state index contributed by atoms with van der Waals surface area (Å²) in [4.78, 5) is 11.7. The molecule has 76 valence electrons. The van der Waals surface area contributed by atoms with E-state index in [1.807, 2.05) is 13.0 Å². The van der Waals surface area contributed by atoms with Crippen molar-refractivity contribution in [2.75, 3.05) is 5.75 Å². The first-order valence-electron chi connectivity index (χ1n) is 4.10. The molecule has 0 aliphatic heterocycles. The van der Waals surface area contributed by atoms with Crippen molar-refractivity contribution in [1.82, 2.24) is 4.57 Å². The fraction of sp³-hybridized carbons (Fsp3) is 0.333. The lowest BCUT2D eigenvalue weighted by Crippen LogP contribution is -2.22. The lowest BCUT2D eigenvalue weighted by molar-refractivity contribution is 0.856. The Morgan fingerprint density at radius 2 is 2.36 bits per heavy atom. The highest BCUT2D eigenvalue weighted by Gasteiger charge is 2.11. The summed E-state index contributed by atoms with van der Waals surface area (Å²) in [5, 5.41) is 0. The monoisotopic (exact) mass is 291 g/mol. The summed E-state index contributed by atoms with van der Waals surface area (Å²) in [6.45, 7) is 2.01. The molecule has 1 rings (SSSR count). The minimum absolute atomic E-state index is 0.0506. The maximum absolute atomic E-state index is 11.7. The Bertz CT molecular complexity index is 414. The van der Waals surface area contributed by atoms with Crippen molar-refractivity contribution >= 4 is 44.1 Å². The molecule has 0 radical (unpaired) electrons. The lowest BCUT2D eigenvalue weighted by Gasteiger charge is -2.05. The number of hydrogen-bond donors (Lipinski definition) is 0. The standard InChI is InChI=1S/C9H10BrNOS2/c1-3-14-9(13)7-6(10)4-5-11(2)8(7)12/h4-5H,3H2,1-2H3. The highest BCUT2D eigenvalue weighted by molar-refractivity contribution is 9.10. The fourth-order valence-electron chi connectivity index (χ4n) is 0.995. The Labute approximate surface area is 101 Å². The van der Waals surface area contributed by atoms with Crippen LogP contribution in [-0.4, -0.2) is 14.5 Å². The van der Waals surface area contributed by atoms with Crippen LogP contribution in [0.15, 0.2) is 21.5 Å². The average molecular weight is 292 g/mol. The van der Waals surface area contributed by atoms with E-state index in [-0.39, 0.29) is 5.56 Å². The molecule has 0 unspecified atom stereocenters. The second-order valence-electron chi connectivity index (χ2n) is 2.68. The molecule has 5 heteroatoms. The summed E-state index contributed by atoms with van der Waals surface area (Å²) in [5.74, 6) is 0.878. The first kappa shape index (κ1) is 11.9. The average Bonchev–Trinajstić information content (AvgIpc) is 2.13. The van der Waals surface area contributed by atoms with Gasteiger partial charge < -0.3 is 4.57 Å². The van der Waals surface area contributed by atoms with Gasteiger partial charge >= 0.3 is 0 Å². The van der Waals surface area contributed by atoms with Gasteiger partial charge in [-0.1, -0.05) is 19.1 Å². The van der Waals surface area contributed by atoms with Crippen molar-refractivity contribution < 1.29 is 0 Å². The molecule has 2 nitrogen and oxygen atoms in total. The van der Waals surface area contributed by atoms with E-state index in [4.69, 9.17) is 12.2 Å². The third kappa shape index (κ3) is 2.46. The zero-order valence-electron chi connectivity index (χ0n) is 7.91. The molecule has 14 heavy (non-hydrogen) atoms. The Balaban J connectivity index is 3.26. The largest absolute Gasteiger partial charge is 0.318 e. The maximum atomic E-state index is 11.7. The minimum Gasteiger partial charge on any atom is -0.318 e. The molecular formula is C9H10BrNOS2. The van der Waals surface area contributed by atoms with Gasteiger partial charge in [0.15, 0.2) is 0 Å². The van der Waals surface area contributed by atoms with Crippen LogP contribution in [0, 0.1) is 0 Å². The molecule has 1 heterocycles. The van der Waals surface area contributed by atoms with Gasteiger partial charge in [-0.25, -0.2) is 0 Å². The van der Waals surface area contributed by atoms with Gasteiger partial charge in [-0.2, -0.15) is 0 Å². The Kier molecular flexibility index (Phi) is 4.34. The molecule has 0 spiro atoms. The molecule has 0 aliphatic carbocycles. The third-order valence-corrected chi connectivity index (χ3v) is 3.67. The normalized spacial score (nSPS) is 10.2. The van der Waals surface area contributed by atoms with Gasteiger partial charge in [-0.05, 0) is 27.7 Å². The van der Waals surface area contributed by atoms with Crippen LogP contribution in [0.3, 0.4) is 0 Å². The number of aromatic nitrogens is 1. The Morgan fingerprint density at radius 3 is 2.93 bits per heavy atom. The number of nitrogens with zero attached hydrogens (tertiary/aromatic N) is 1. The fourth-order valence-corrected chi connectivity index (χ4v) is 2.90. The van der Waals surface area contributed by atoms with E-state index in [0.29, 0.717) is 9.76 Å². The summed E-state index contributed by atoms with van der Waals surface area (Å²) >= 11 is 10.0. The Morgan fingerprint density at radius 1 is 1.71 bits per heavy atom. The summed E-state index contributed by atoms with van der Waals surface area (Å²) < 4.78 is 2.95. The minimum atomic E-state index is -0.0506. The molecule has 0 N–H and O–H groups in total. The topological polar surface area (TPSA) is 22.0 Å². The van der Waals surface area contributed by atoms with Crippen LogP contribution in [-0.2, 0) is 7.05 Å². The van der Waals surface area contributed by atoms with Gasteiger partial charge in [0.2, 0.25) is 0 Å².